The van der Waals surface area contributed by atoms with Crippen molar-refractivity contribution in [2.45, 2.75) is 6.92 Å². The predicted molar refractivity (Wildman–Crippen MR) is 59.0 cm³/mol. The number of rotatable bonds is 3. The van der Waals surface area contributed by atoms with Crippen LogP contribution in [-0.4, -0.2) is 29.9 Å². The summed E-state index contributed by atoms with van der Waals surface area (Å²) in [5.41, 5.74) is -0.0844. The van der Waals surface area contributed by atoms with Crippen molar-refractivity contribution >= 4 is 34.1 Å². The molecule has 2 amide bonds. The standard InChI is InChI=1S/C9H10N2O4S/c1-4(12)11-8-5(9(14)15)3-6(16-8)7(13)10-2/h3H,1-2H3,(H,10,13)(H,11,12)(H,14,15). The molecule has 0 fully saturated rings. The lowest BCUT2D eigenvalue weighted by Crippen LogP contribution is -2.16. The Hall–Kier alpha value is -1.89. The highest BCUT2D eigenvalue weighted by Crippen LogP contribution is 2.28. The van der Waals surface area contributed by atoms with E-state index >= 15 is 0 Å². The fourth-order valence-corrected chi connectivity index (χ4v) is 2.08. The molecule has 0 atom stereocenters. The van der Waals surface area contributed by atoms with Crippen LogP contribution in [0, 0.1) is 0 Å². The summed E-state index contributed by atoms with van der Waals surface area (Å²) in [6.07, 6.45) is 0. The Morgan fingerprint density at radius 1 is 1.38 bits per heavy atom. The van der Waals surface area contributed by atoms with Crippen LogP contribution in [0.25, 0.3) is 0 Å². The van der Waals surface area contributed by atoms with Gasteiger partial charge in [0.1, 0.15) is 5.00 Å². The molecule has 0 aromatic carbocycles. The van der Waals surface area contributed by atoms with E-state index in [1.54, 1.807) is 0 Å². The number of nitrogens with one attached hydrogen (secondary N) is 2. The molecular weight excluding hydrogens is 232 g/mol. The SMILES string of the molecule is CNC(=O)c1cc(C(=O)O)c(NC(C)=O)s1. The number of hydrogen-bond acceptors (Lipinski definition) is 4. The van der Waals surface area contributed by atoms with Crippen LogP contribution < -0.4 is 10.6 Å². The fourth-order valence-electron chi connectivity index (χ4n) is 1.04. The number of carboxylic acid groups (broad SMARTS) is 1. The quantitative estimate of drug-likeness (QED) is 0.729. The molecule has 16 heavy (non-hydrogen) atoms. The first-order chi connectivity index (χ1) is 7.45. The van der Waals surface area contributed by atoms with E-state index in [2.05, 4.69) is 10.6 Å². The molecule has 0 spiro atoms. The van der Waals surface area contributed by atoms with Gasteiger partial charge in [0.05, 0.1) is 10.4 Å². The van der Waals surface area contributed by atoms with Crippen LogP contribution in [0.2, 0.25) is 0 Å². The van der Waals surface area contributed by atoms with E-state index in [0.717, 1.165) is 11.3 Å². The molecule has 86 valence electrons. The van der Waals surface area contributed by atoms with Gasteiger partial charge in [0, 0.05) is 14.0 Å². The molecule has 0 aliphatic carbocycles. The lowest BCUT2D eigenvalue weighted by molar-refractivity contribution is -0.114. The molecule has 1 aromatic heterocycles. The van der Waals surface area contributed by atoms with Gasteiger partial charge in [0.2, 0.25) is 5.91 Å². The number of carbonyl (C=O) groups is 3. The Morgan fingerprint density at radius 3 is 2.44 bits per heavy atom. The predicted octanol–water partition coefficient (Wildman–Crippen LogP) is 0.764. The third kappa shape index (κ3) is 2.57. The minimum atomic E-state index is -1.19. The Kier molecular flexibility index (Phi) is 3.62. The molecule has 0 saturated heterocycles. The zero-order chi connectivity index (χ0) is 12.3. The molecule has 0 radical (unpaired) electrons. The van der Waals surface area contributed by atoms with Crippen LogP contribution in [0.3, 0.4) is 0 Å². The Bertz CT molecular complexity index is 452. The summed E-state index contributed by atoms with van der Waals surface area (Å²) in [5.74, 6) is -1.95. The number of thiophene rings is 1. The second kappa shape index (κ2) is 4.75. The molecule has 6 nitrogen and oxygen atoms in total. The van der Waals surface area contributed by atoms with E-state index in [0.29, 0.717) is 0 Å². The molecule has 3 N–H and O–H groups in total. The van der Waals surface area contributed by atoms with Gasteiger partial charge in [0.25, 0.3) is 5.91 Å². The topological polar surface area (TPSA) is 95.5 Å². The zero-order valence-electron chi connectivity index (χ0n) is 8.66. The van der Waals surface area contributed by atoms with Crippen molar-refractivity contribution in [3.8, 4) is 0 Å². The monoisotopic (exact) mass is 242 g/mol. The lowest BCUT2D eigenvalue weighted by atomic mass is 10.3. The average molecular weight is 242 g/mol. The molecule has 7 heteroatoms. The van der Waals surface area contributed by atoms with Crippen molar-refractivity contribution in [3.63, 3.8) is 0 Å². The first kappa shape index (κ1) is 12.2. The minimum absolute atomic E-state index is 0.0844. The van der Waals surface area contributed by atoms with Crippen molar-refractivity contribution in [1.29, 1.82) is 0 Å². The maximum atomic E-state index is 11.3. The van der Waals surface area contributed by atoms with Gasteiger partial charge in [-0.2, -0.15) is 0 Å². The smallest absolute Gasteiger partial charge is 0.338 e. The highest BCUT2D eigenvalue weighted by molar-refractivity contribution is 7.18. The average Bonchev–Trinajstić information content (AvgIpc) is 2.59. The van der Waals surface area contributed by atoms with E-state index in [9.17, 15) is 14.4 Å². The highest BCUT2D eigenvalue weighted by atomic mass is 32.1. The first-order valence-corrected chi connectivity index (χ1v) is 5.14. The highest BCUT2D eigenvalue weighted by Gasteiger charge is 2.18. The van der Waals surface area contributed by atoms with Gasteiger partial charge >= 0.3 is 5.97 Å². The number of amides is 2. The van der Waals surface area contributed by atoms with Crippen molar-refractivity contribution < 1.29 is 19.5 Å². The number of anilines is 1. The molecule has 0 bridgehead atoms. The molecule has 0 aliphatic heterocycles. The van der Waals surface area contributed by atoms with Crippen LogP contribution in [0.5, 0.6) is 0 Å². The van der Waals surface area contributed by atoms with E-state index in [4.69, 9.17) is 5.11 Å². The van der Waals surface area contributed by atoms with Gasteiger partial charge < -0.3 is 15.7 Å². The van der Waals surface area contributed by atoms with Crippen LogP contribution in [0.4, 0.5) is 5.00 Å². The summed E-state index contributed by atoms with van der Waals surface area (Å²) in [6.45, 7) is 1.27. The van der Waals surface area contributed by atoms with Gasteiger partial charge in [-0.3, -0.25) is 9.59 Å². The van der Waals surface area contributed by atoms with Crippen molar-refractivity contribution in [1.82, 2.24) is 5.32 Å². The molecule has 0 aliphatic rings. The zero-order valence-corrected chi connectivity index (χ0v) is 9.47. The van der Waals surface area contributed by atoms with Gasteiger partial charge in [-0.05, 0) is 6.07 Å². The maximum Gasteiger partial charge on any atom is 0.338 e. The summed E-state index contributed by atoms with van der Waals surface area (Å²) in [6, 6.07) is 1.23. The number of aromatic carboxylic acids is 1. The maximum absolute atomic E-state index is 11.3. The van der Waals surface area contributed by atoms with Crippen molar-refractivity contribution in [3.05, 3.63) is 16.5 Å². The van der Waals surface area contributed by atoms with Crippen LogP contribution >= 0.6 is 11.3 Å². The van der Waals surface area contributed by atoms with E-state index in [1.807, 2.05) is 0 Å². The minimum Gasteiger partial charge on any atom is -0.478 e. The van der Waals surface area contributed by atoms with Gasteiger partial charge in [-0.25, -0.2) is 4.79 Å². The van der Waals surface area contributed by atoms with Gasteiger partial charge in [-0.15, -0.1) is 11.3 Å². The van der Waals surface area contributed by atoms with Crippen LogP contribution in [-0.2, 0) is 4.79 Å². The summed E-state index contributed by atoms with van der Waals surface area (Å²) in [7, 11) is 1.45. The summed E-state index contributed by atoms with van der Waals surface area (Å²) in [4.78, 5) is 33.2. The summed E-state index contributed by atoms with van der Waals surface area (Å²) < 4.78 is 0. The molecule has 1 rings (SSSR count). The molecule has 0 unspecified atom stereocenters. The Labute approximate surface area is 95.3 Å². The van der Waals surface area contributed by atoms with E-state index in [1.165, 1.54) is 20.0 Å². The van der Waals surface area contributed by atoms with E-state index < -0.39 is 5.97 Å². The molecular formula is C9H10N2O4S. The van der Waals surface area contributed by atoms with Gasteiger partial charge in [-0.1, -0.05) is 0 Å². The first-order valence-electron chi connectivity index (χ1n) is 4.32. The van der Waals surface area contributed by atoms with Gasteiger partial charge in [0.15, 0.2) is 0 Å². The lowest BCUT2D eigenvalue weighted by Gasteiger charge is -1.98. The van der Waals surface area contributed by atoms with Crippen LogP contribution in [0.15, 0.2) is 6.07 Å². The van der Waals surface area contributed by atoms with Crippen molar-refractivity contribution in [2.24, 2.45) is 0 Å². The molecule has 1 heterocycles. The largest absolute Gasteiger partial charge is 0.478 e. The second-order valence-electron chi connectivity index (χ2n) is 2.92. The Balaban J connectivity index is 3.14. The fraction of sp³-hybridized carbons (Fsp3) is 0.222. The number of carboxylic acids is 1. The normalized spacial score (nSPS) is 9.62. The molecule has 1 aromatic rings. The number of carbonyl (C=O) groups excluding carboxylic acids is 2. The Morgan fingerprint density at radius 2 is 2.00 bits per heavy atom. The number of hydrogen-bond donors (Lipinski definition) is 3. The van der Waals surface area contributed by atoms with Crippen LogP contribution in [0.1, 0.15) is 27.0 Å². The second-order valence-corrected chi connectivity index (χ2v) is 3.97. The third-order valence-corrected chi connectivity index (χ3v) is 2.75. The molecule has 0 saturated carbocycles. The summed E-state index contributed by atoms with van der Waals surface area (Å²) in [5, 5.41) is 13.8. The van der Waals surface area contributed by atoms with E-state index in [-0.39, 0.29) is 27.3 Å². The third-order valence-electron chi connectivity index (χ3n) is 1.70. The summed E-state index contributed by atoms with van der Waals surface area (Å²) >= 11 is 0.924. The van der Waals surface area contributed by atoms with Crippen molar-refractivity contribution in [2.75, 3.05) is 12.4 Å².